The molecule has 0 saturated carbocycles. The van der Waals surface area contributed by atoms with Crippen LogP contribution in [0.4, 0.5) is 0 Å². The summed E-state index contributed by atoms with van der Waals surface area (Å²) >= 11 is 0. The first kappa shape index (κ1) is 10.4. The van der Waals surface area contributed by atoms with Gasteiger partial charge in [0.25, 0.3) is 0 Å². The van der Waals surface area contributed by atoms with E-state index in [0.717, 1.165) is 18.4 Å². The topological polar surface area (TPSA) is 17.1 Å². The molecule has 1 aromatic carbocycles. The fourth-order valence-corrected chi connectivity index (χ4v) is 2.38. The summed E-state index contributed by atoms with van der Waals surface area (Å²) in [6.45, 7) is 4.22. The average molecular weight is 202 g/mol. The fraction of sp³-hybridized carbons (Fsp3) is 0.500. The predicted molar refractivity (Wildman–Crippen MR) is 62.3 cm³/mol. The normalized spacial score (nSPS) is 19.3. The van der Waals surface area contributed by atoms with Gasteiger partial charge in [-0.05, 0) is 30.4 Å². The van der Waals surface area contributed by atoms with Gasteiger partial charge < -0.3 is 0 Å². The van der Waals surface area contributed by atoms with Crippen molar-refractivity contribution in [2.24, 2.45) is 5.92 Å². The lowest BCUT2D eigenvalue weighted by Crippen LogP contribution is -2.05. The van der Waals surface area contributed by atoms with Crippen LogP contribution in [0.1, 0.15) is 48.2 Å². The number of aryl methyl sites for hydroxylation is 1. The molecule has 15 heavy (non-hydrogen) atoms. The van der Waals surface area contributed by atoms with Crippen molar-refractivity contribution in [3.63, 3.8) is 0 Å². The van der Waals surface area contributed by atoms with Gasteiger partial charge in [-0.15, -0.1) is 0 Å². The van der Waals surface area contributed by atoms with Crippen molar-refractivity contribution in [3.8, 4) is 0 Å². The maximum Gasteiger partial charge on any atom is 0.166 e. The van der Waals surface area contributed by atoms with Crippen LogP contribution in [0, 0.1) is 5.92 Å². The number of ketones is 1. The van der Waals surface area contributed by atoms with Crippen LogP contribution in [0.25, 0.3) is 0 Å². The van der Waals surface area contributed by atoms with Crippen LogP contribution in [-0.2, 0) is 12.8 Å². The summed E-state index contributed by atoms with van der Waals surface area (Å²) in [7, 11) is 0. The third-order valence-corrected chi connectivity index (χ3v) is 3.26. The molecule has 0 aromatic heterocycles. The molecular weight excluding hydrogens is 184 g/mol. The molecule has 80 valence electrons. The summed E-state index contributed by atoms with van der Waals surface area (Å²) in [4.78, 5) is 12.0. The maximum atomic E-state index is 12.0. The SMILES string of the molecule is CCCCc1cccc2c1C(=O)C(C)C2. The van der Waals surface area contributed by atoms with Gasteiger partial charge in [0, 0.05) is 11.5 Å². The zero-order valence-corrected chi connectivity index (χ0v) is 9.55. The highest BCUT2D eigenvalue weighted by molar-refractivity contribution is 6.03. The molecule has 0 N–H and O–H groups in total. The van der Waals surface area contributed by atoms with Gasteiger partial charge in [-0.1, -0.05) is 38.5 Å². The van der Waals surface area contributed by atoms with Crippen LogP contribution in [0.2, 0.25) is 0 Å². The second-order valence-corrected chi connectivity index (χ2v) is 4.52. The van der Waals surface area contributed by atoms with Crippen molar-refractivity contribution in [1.29, 1.82) is 0 Å². The summed E-state index contributed by atoms with van der Waals surface area (Å²) < 4.78 is 0. The number of carbonyl (C=O) groups is 1. The summed E-state index contributed by atoms with van der Waals surface area (Å²) in [5.41, 5.74) is 3.57. The number of rotatable bonds is 3. The van der Waals surface area contributed by atoms with E-state index < -0.39 is 0 Å². The molecule has 2 rings (SSSR count). The lowest BCUT2D eigenvalue weighted by atomic mass is 9.98. The van der Waals surface area contributed by atoms with Crippen molar-refractivity contribution < 1.29 is 4.79 Å². The molecule has 0 saturated heterocycles. The minimum absolute atomic E-state index is 0.197. The zero-order valence-electron chi connectivity index (χ0n) is 9.55. The van der Waals surface area contributed by atoms with Gasteiger partial charge in [0.15, 0.2) is 5.78 Å². The van der Waals surface area contributed by atoms with E-state index in [1.54, 1.807) is 0 Å². The minimum atomic E-state index is 0.197. The van der Waals surface area contributed by atoms with Crippen molar-refractivity contribution >= 4 is 5.78 Å². The van der Waals surface area contributed by atoms with E-state index in [1.165, 1.54) is 24.0 Å². The predicted octanol–water partition coefficient (Wildman–Crippen LogP) is 3.40. The summed E-state index contributed by atoms with van der Waals surface area (Å²) in [6, 6.07) is 6.31. The largest absolute Gasteiger partial charge is 0.294 e. The minimum Gasteiger partial charge on any atom is -0.294 e. The number of benzene rings is 1. The van der Waals surface area contributed by atoms with E-state index in [4.69, 9.17) is 0 Å². The van der Waals surface area contributed by atoms with Crippen LogP contribution in [0.5, 0.6) is 0 Å². The molecule has 0 heterocycles. The first-order valence-corrected chi connectivity index (χ1v) is 5.89. The zero-order chi connectivity index (χ0) is 10.8. The number of Topliss-reactive ketones (excluding diaryl/α,β-unsaturated/α-hetero) is 1. The molecule has 1 aliphatic rings. The Balaban J connectivity index is 2.34. The quantitative estimate of drug-likeness (QED) is 0.734. The lowest BCUT2D eigenvalue weighted by Gasteiger charge is -2.06. The van der Waals surface area contributed by atoms with Crippen LogP contribution in [-0.4, -0.2) is 5.78 Å². The first-order chi connectivity index (χ1) is 7.24. The molecule has 0 radical (unpaired) electrons. The van der Waals surface area contributed by atoms with Crippen molar-refractivity contribution in [2.45, 2.75) is 39.5 Å². The van der Waals surface area contributed by atoms with E-state index in [-0.39, 0.29) is 5.92 Å². The van der Waals surface area contributed by atoms with E-state index in [2.05, 4.69) is 25.1 Å². The molecule has 1 heteroatoms. The molecule has 0 spiro atoms. The molecule has 1 nitrogen and oxygen atoms in total. The van der Waals surface area contributed by atoms with Gasteiger partial charge in [-0.25, -0.2) is 0 Å². The summed E-state index contributed by atoms with van der Waals surface area (Å²) in [6.07, 6.45) is 4.36. The number of fused-ring (bicyclic) bond motifs is 1. The molecule has 1 aliphatic carbocycles. The molecule has 1 unspecified atom stereocenters. The molecule has 1 aromatic rings. The van der Waals surface area contributed by atoms with Gasteiger partial charge >= 0.3 is 0 Å². The van der Waals surface area contributed by atoms with E-state index in [0.29, 0.717) is 5.78 Å². The standard InChI is InChI=1S/C14H18O/c1-3-4-6-11-7-5-8-12-9-10(2)14(15)13(11)12/h5,7-8,10H,3-4,6,9H2,1-2H3. The van der Waals surface area contributed by atoms with E-state index in [9.17, 15) is 4.79 Å². The van der Waals surface area contributed by atoms with Gasteiger partial charge in [-0.2, -0.15) is 0 Å². The molecule has 0 bridgehead atoms. The van der Waals surface area contributed by atoms with Gasteiger partial charge in [-0.3, -0.25) is 4.79 Å². The Morgan fingerprint density at radius 3 is 2.93 bits per heavy atom. The Kier molecular flexibility index (Phi) is 2.90. The molecule has 0 aliphatic heterocycles. The van der Waals surface area contributed by atoms with Gasteiger partial charge in [0.05, 0.1) is 0 Å². The Labute approximate surface area is 91.5 Å². The summed E-state index contributed by atoms with van der Waals surface area (Å²) in [5.74, 6) is 0.555. The fourth-order valence-electron chi connectivity index (χ4n) is 2.38. The highest BCUT2D eigenvalue weighted by atomic mass is 16.1. The molecular formula is C14H18O. The van der Waals surface area contributed by atoms with Crippen LogP contribution in [0.3, 0.4) is 0 Å². The third kappa shape index (κ3) is 1.83. The Bertz CT molecular complexity index is 379. The Morgan fingerprint density at radius 1 is 1.40 bits per heavy atom. The van der Waals surface area contributed by atoms with Crippen molar-refractivity contribution in [1.82, 2.24) is 0 Å². The monoisotopic (exact) mass is 202 g/mol. The molecule has 0 fully saturated rings. The Hall–Kier alpha value is -1.11. The first-order valence-electron chi connectivity index (χ1n) is 5.89. The van der Waals surface area contributed by atoms with Crippen LogP contribution >= 0.6 is 0 Å². The second-order valence-electron chi connectivity index (χ2n) is 4.52. The van der Waals surface area contributed by atoms with Crippen LogP contribution < -0.4 is 0 Å². The number of carbonyl (C=O) groups excluding carboxylic acids is 1. The second kappa shape index (κ2) is 4.18. The summed E-state index contributed by atoms with van der Waals surface area (Å²) in [5, 5.41) is 0. The highest BCUT2D eigenvalue weighted by Gasteiger charge is 2.28. The van der Waals surface area contributed by atoms with E-state index >= 15 is 0 Å². The number of hydrogen-bond acceptors (Lipinski definition) is 1. The highest BCUT2D eigenvalue weighted by Crippen LogP contribution is 2.29. The van der Waals surface area contributed by atoms with Crippen molar-refractivity contribution in [2.75, 3.05) is 0 Å². The third-order valence-electron chi connectivity index (χ3n) is 3.26. The molecule has 0 amide bonds. The number of hydrogen-bond donors (Lipinski definition) is 0. The van der Waals surface area contributed by atoms with Crippen molar-refractivity contribution in [3.05, 3.63) is 34.9 Å². The van der Waals surface area contributed by atoms with E-state index in [1.807, 2.05) is 6.92 Å². The Morgan fingerprint density at radius 2 is 2.20 bits per heavy atom. The van der Waals surface area contributed by atoms with Gasteiger partial charge in [0.2, 0.25) is 0 Å². The average Bonchev–Trinajstić information content (AvgIpc) is 2.53. The lowest BCUT2D eigenvalue weighted by molar-refractivity contribution is 0.0945. The smallest absolute Gasteiger partial charge is 0.166 e. The van der Waals surface area contributed by atoms with Crippen LogP contribution in [0.15, 0.2) is 18.2 Å². The number of unbranched alkanes of at least 4 members (excludes halogenated alkanes) is 1. The maximum absolute atomic E-state index is 12.0. The molecule has 1 atom stereocenters. The van der Waals surface area contributed by atoms with Gasteiger partial charge in [0.1, 0.15) is 0 Å².